The van der Waals surface area contributed by atoms with Gasteiger partial charge in [0.05, 0.1) is 11.0 Å². The van der Waals surface area contributed by atoms with Gasteiger partial charge in [-0.1, -0.05) is 42.5 Å². The summed E-state index contributed by atoms with van der Waals surface area (Å²) in [4.78, 5) is 38.7. The van der Waals surface area contributed by atoms with Crippen molar-refractivity contribution in [3.05, 3.63) is 99.2 Å². The number of carbonyl (C=O) groups is 1. The third-order valence-corrected chi connectivity index (χ3v) is 10.8. The number of pyridine rings is 1. The van der Waals surface area contributed by atoms with Gasteiger partial charge in [-0.3, -0.25) is 14.5 Å². The Balaban J connectivity index is 1.07. The molecule has 0 saturated carbocycles. The third-order valence-electron chi connectivity index (χ3n) is 10.8. The Labute approximate surface area is 253 Å². The van der Waals surface area contributed by atoms with Gasteiger partial charge in [-0.05, 0) is 107 Å². The molecule has 3 aliphatic heterocycles. The summed E-state index contributed by atoms with van der Waals surface area (Å²) in [7, 11) is 0. The van der Waals surface area contributed by atoms with Crippen LogP contribution in [0, 0.1) is 20.8 Å². The van der Waals surface area contributed by atoms with Gasteiger partial charge in [-0.15, -0.1) is 0 Å². The molecule has 7 rings (SSSR count). The number of piperidine rings is 2. The minimum absolute atomic E-state index is 0.0280. The fraction of sp³-hybridized carbons (Fsp3) is 0.472. The summed E-state index contributed by atoms with van der Waals surface area (Å²) in [6.07, 6.45) is 7.84. The SMILES string of the molecule is Cc1cc(C)c(C(=O)N2CCC(CCN3C4CCC3CC(n3c(C)nc5ccccc53)C4)(c3ccccc3)CC2)c(=O)[nH]1. The molecule has 3 aliphatic rings. The lowest BCUT2D eigenvalue weighted by atomic mass is 9.70. The van der Waals surface area contributed by atoms with Crippen LogP contribution in [0.2, 0.25) is 0 Å². The van der Waals surface area contributed by atoms with E-state index in [2.05, 4.69) is 76.0 Å². The van der Waals surface area contributed by atoms with Crippen molar-refractivity contribution >= 4 is 16.9 Å². The minimum atomic E-state index is -0.278. The average molecular weight is 578 g/mol. The Kier molecular flexibility index (Phi) is 7.24. The van der Waals surface area contributed by atoms with Gasteiger partial charge in [0.15, 0.2) is 0 Å². The fourth-order valence-corrected chi connectivity index (χ4v) is 8.68. The van der Waals surface area contributed by atoms with E-state index in [0.29, 0.717) is 31.2 Å². The van der Waals surface area contributed by atoms with Crippen molar-refractivity contribution < 1.29 is 4.79 Å². The molecule has 0 radical (unpaired) electrons. The molecule has 1 N–H and O–H groups in total. The molecule has 0 aliphatic carbocycles. The molecule has 2 aromatic heterocycles. The molecule has 7 nitrogen and oxygen atoms in total. The molecule has 2 bridgehead atoms. The Bertz CT molecular complexity index is 1680. The van der Waals surface area contributed by atoms with Crippen LogP contribution >= 0.6 is 0 Å². The van der Waals surface area contributed by atoms with Crippen molar-refractivity contribution in [3.63, 3.8) is 0 Å². The van der Waals surface area contributed by atoms with E-state index in [-0.39, 0.29) is 22.4 Å². The van der Waals surface area contributed by atoms with Crippen LogP contribution in [0.5, 0.6) is 0 Å². The van der Waals surface area contributed by atoms with E-state index < -0.39 is 0 Å². The largest absolute Gasteiger partial charge is 0.338 e. The average Bonchev–Trinajstić information content (AvgIpc) is 3.46. The molecule has 2 unspecified atom stereocenters. The molecule has 2 atom stereocenters. The number of aromatic nitrogens is 3. The first kappa shape index (κ1) is 28.1. The van der Waals surface area contributed by atoms with E-state index in [1.807, 2.05) is 24.8 Å². The summed E-state index contributed by atoms with van der Waals surface area (Å²) in [6.45, 7) is 8.30. The predicted molar refractivity (Wildman–Crippen MR) is 171 cm³/mol. The maximum absolute atomic E-state index is 13.5. The van der Waals surface area contributed by atoms with Crippen molar-refractivity contribution in [3.8, 4) is 0 Å². The summed E-state index contributed by atoms with van der Waals surface area (Å²) in [6, 6.07) is 23.1. The van der Waals surface area contributed by atoms with Gasteiger partial charge in [-0.2, -0.15) is 0 Å². The number of nitrogens with zero attached hydrogens (tertiary/aromatic N) is 4. The quantitative estimate of drug-likeness (QED) is 0.301. The van der Waals surface area contributed by atoms with E-state index in [0.717, 1.165) is 48.4 Å². The van der Waals surface area contributed by atoms with Gasteiger partial charge >= 0.3 is 0 Å². The van der Waals surface area contributed by atoms with Crippen LogP contribution in [0.3, 0.4) is 0 Å². The van der Waals surface area contributed by atoms with Crippen LogP contribution in [0.25, 0.3) is 11.0 Å². The molecule has 3 fully saturated rings. The van der Waals surface area contributed by atoms with E-state index >= 15 is 0 Å². The first-order valence-electron chi connectivity index (χ1n) is 16.1. The lowest BCUT2D eigenvalue weighted by molar-refractivity contribution is 0.0605. The van der Waals surface area contributed by atoms with Gasteiger partial charge in [0.1, 0.15) is 11.4 Å². The number of nitrogens with one attached hydrogen (secondary N) is 1. The second-order valence-electron chi connectivity index (χ2n) is 13.3. The van der Waals surface area contributed by atoms with Crippen LogP contribution in [0.4, 0.5) is 0 Å². The Hall–Kier alpha value is -3.71. The maximum Gasteiger partial charge on any atom is 0.261 e. The van der Waals surface area contributed by atoms with Crippen LogP contribution < -0.4 is 5.56 Å². The number of aromatic amines is 1. The molecular weight excluding hydrogens is 534 g/mol. The lowest BCUT2D eigenvalue weighted by Gasteiger charge is -2.45. The molecule has 4 aromatic rings. The third kappa shape index (κ3) is 5.01. The zero-order valence-electron chi connectivity index (χ0n) is 25.7. The van der Waals surface area contributed by atoms with Crippen molar-refractivity contribution in [1.82, 2.24) is 24.3 Å². The number of likely N-dealkylation sites (tertiary alicyclic amines) is 1. The molecule has 1 amide bonds. The normalized spacial score (nSPS) is 23.6. The minimum Gasteiger partial charge on any atom is -0.338 e. The fourth-order valence-electron chi connectivity index (χ4n) is 8.68. The highest BCUT2D eigenvalue weighted by Gasteiger charge is 2.44. The Morgan fingerprint density at radius 1 is 0.930 bits per heavy atom. The number of rotatable bonds is 6. The first-order chi connectivity index (χ1) is 20.8. The topological polar surface area (TPSA) is 74.2 Å². The van der Waals surface area contributed by atoms with Crippen LogP contribution in [-0.4, -0.2) is 62.0 Å². The van der Waals surface area contributed by atoms with Crippen LogP contribution in [0.15, 0.2) is 65.5 Å². The van der Waals surface area contributed by atoms with Gasteiger partial charge in [-0.25, -0.2) is 4.98 Å². The number of carbonyl (C=O) groups excluding carboxylic acids is 1. The van der Waals surface area contributed by atoms with Crippen molar-refractivity contribution in [2.24, 2.45) is 0 Å². The standard InChI is InChI=1S/C36H43N5O2/c1-24-21-25(2)37-34(42)33(24)35(43)39-18-15-36(16-19-39,27-9-5-4-6-10-27)17-20-40-28-13-14-29(40)23-30(22-28)41-26(3)38-31-11-7-8-12-32(31)41/h4-12,21,28-30H,13-20,22-23H2,1-3H3,(H,37,42). The van der Waals surface area contributed by atoms with Gasteiger partial charge < -0.3 is 14.5 Å². The number of fused-ring (bicyclic) bond motifs is 3. The zero-order valence-corrected chi connectivity index (χ0v) is 25.7. The number of hydrogen-bond donors (Lipinski definition) is 1. The highest BCUT2D eigenvalue weighted by atomic mass is 16.2. The molecule has 5 heterocycles. The highest BCUT2D eigenvalue weighted by Crippen LogP contribution is 2.45. The number of hydrogen-bond acceptors (Lipinski definition) is 4. The number of benzene rings is 2. The van der Waals surface area contributed by atoms with Gasteiger partial charge in [0, 0.05) is 36.9 Å². The van der Waals surface area contributed by atoms with Crippen molar-refractivity contribution in [1.29, 1.82) is 0 Å². The summed E-state index contributed by atoms with van der Waals surface area (Å²) < 4.78 is 2.51. The van der Waals surface area contributed by atoms with Crippen molar-refractivity contribution in [2.45, 2.75) is 89.3 Å². The molecule has 7 heteroatoms. The summed E-state index contributed by atoms with van der Waals surface area (Å²) in [5, 5.41) is 0. The Morgan fingerprint density at radius 3 is 2.30 bits per heavy atom. The Morgan fingerprint density at radius 2 is 1.60 bits per heavy atom. The smallest absolute Gasteiger partial charge is 0.261 e. The van der Waals surface area contributed by atoms with Crippen molar-refractivity contribution in [2.75, 3.05) is 19.6 Å². The number of imidazole rings is 1. The second kappa shape index (κ2) is 11.1. The number of para-hydroxylation sites is 2. The number of aryl methyl sites for hydroxylation is 3. The lowest BCUT2D eigenvalue weighted by Crippen LogP contribution is -2.49. The van der Waals surface area contributed by atoms with E-state index in [9.17, 15) is 9.59 Å². The van der Waals surface area contributed by atoms with Crippen LogP contribution in [0.1, 0.15) is 84.0 Å². The maximum atomic E-state index is 13.5. The molecule has 2 aromatic carbocycles. The summed E-state index contributed by atoms with van der Waals surface area (Å²) in [5.74, 6) is 0.994. The first-order valence-corrected chi connectivity index (χ1v) is 16.1. The monoisotopic (exact) mass is 577 g/mol. The molecule has 224 valence electrons. The zero-order chi connectivity index (χ0) is 29.7. The van der Waals surface area contributed by atoms with Crippen LogP contribution in [-0.2, 0) is 5.41 Å². The van der Waals surface area contributed by atoms with E-state index in [1.54, 1.807) is 0 Å². The molecule has 0 spiro atoms. The summed E-state index contributed by atoms with van der Waals surface area (Å²) >= 11 is 0. The highest BCUT2D eigenvalue weighted by molar-refractivity contribution is 5.95. The van der Waals surface area contributed by atoms with Gasteiger partial charge in [0.25, 0.3) is 11.5 Å². The molecule has 3 saturated heterocycles. The number of amides is 1. The molecular formula is C36H43N5O2. The second-order valence-corrected chi connectivity index (χ2v) is 13.3. The molecule has 43 heavy (non-hydrogen) atoms. The summed E-state index contributed by atoms with van der Waals surface area (Å²) in [5.41, 5.74) is 5.33. The predicted octanol–water partition coefficient (Wildman–Crippen LogP) is 6.08. The van der Waals surface area contributed by atoms with Gasteiger partial charge in [0.2, 0.25) is 0 Å². The number of H-pyrrole nitrogens is 1. The van der Waals surface area contributed by atoms with E-state index in [1.165, 1.54) is 36.8 Å². The van der Waals surface area contributed by atoms with E-state index in [4.69, 9.17) is 4.98 Å².